The highest BCUT2D eigenvalue weighted by Gasteiger charge is 2.35. The molecule has 27 heavy (non-hydrogen) atoms. The molecule has 1 aromatic heterocycles. The minimum Gasteiger partial charge on any atom is -0.368 e. The Morgan fingerprint density at radius 1 is 1.07 bits per heavy atom. The topological polar surface area (TPSA) is 71.8 Å². The average molecular weight is 363 g/mol. The van der Waals surface area contributed by atoms with E-state index in [4.69, 9.17) is 0 Å². The van der Waals surface area contributed by atoms with Gasteiger partial charge in [0.05, 0.1) is 6.54 Å². The summed E-state index contributed by atoms with van der Waals surface area (Å²) >= 11 is 0. The first kappa shape index (κ1) is 18.6. The van der Waals surface area contributed by atoms with E-state index in [2.05, 4.69) is 27.8 Å². The zero-order chi connectivity index (χ0) is 19.1. The highest BCUT2D eigenvalue weighted by Crippen LogP contribution is 2.26. The third kappa shape index (κ3) is 4.34. The van der Waals surface area contributed by atoms with E-state index in [1.165, 1.54) is 0 Å². The quantitative estimate of drug-likeness (QED) is 0.644. The molecule has 6 heteroatoms. The number of nitrogens with one attached hydrogen (secondary N) is 2. The zero-order valence-corrected chi connectivity index (χ0v) is 15.7. The summed E-state index contributed by atoms with van der Waals surface area (Å²) in [5, 5.41) is 14.5. The number of nitrogens with zero attached hydrogens (tertiary/aromatic N) is 3. The van der Waals surface area contributed by atoms with Crippen molar-refractivity contribution < 1.29 is 4.79 Å². The summed E-state index contributed by atoms with van der Waals surface area (Å²) in [6, 6.07) is 19.5. The van der Waals surface area contributed by atoms with E-state index in [0.29, 0.717) is 6.54 Å². The fraction of sp³-hybridized carbons (Fsp3) is 0.286. The molecule has 0 saturated carbocycles. The van der Waals surface area contributed by atoms with Crippen LogP contribution in [0.2, 0.25) is 0 Å². The van der Waals surface area contributed by atoms with Crippen LogP contribution in [0.3, 0.4) is 0 Å². The van der Waals surface area contributed by atoms with Crippen molar-refractivity contribution in [3.63, 3.8) is 0 Å². The number of amides is 1. The Morgan fingerprint density at radius 2 is 1.74 bits per heavy atom. The molecule has 1 heterocycles. The van der Waals surface area contributed by atoms with Gasteiger partial charge in [-0.1, -0.05) is 55.5 Å². The summed E-state index contributed by atoms with van der Waals surface area (Å²) in [7, 11) is 0. The van der Waals surface area contributed by atoms with Crippen molar-refractivity contribution in [2.75, 3.05) is 5.32 Å². The predicted molar refractivity (Wildman–Crippen MR) is 106 cm³/mol. The first-order valence-corrected chi connectivity index (χ1v) is 9.17. The molecule has 0 aliphatic carbocycles. The number of rotatable bonds is 8. The van der Waals surface area contributed by atoms with Crippen molar-refractivity contribution in [3.05, 3.63) is 78.4 Å². The van der Waals surface area contributed by atoms with Gasteiger partial charge in [0.15, 0.2) is 5.82 Å². The first-order chi connectivity index (χ1) is 13.1. The number of hydrogen-bond acceptors (Lipinski definition) is 4. The number of carbonyl (C=O) groups excluding carboxylic acids is 1. The van der Waals surface area contributed by atoms with Gasteiger partial charge in [-0.05, 0) is 31.0 Å². The van der Waals surface area contributed by atoms with Gasteiger partial charge in [-0.3, -0.25) is 4.79 Å². The lowest BCUT2D eigenvalue weighted by Crippen LogP contribution is -2.47. The highest BCUT2D eigenvalue weighted by molar-refractivity contribution is 5.90. The van der Waals surface area contributed by atoms with E-state index in [1.807, 2.05) is 72.2 Å². The van der Waals surface area contributed by atoms with Gasteiger partial charge in [-0.15, -0.1) is 10.2 Å². The van der Waals surface area contributed by atoms with Crippen molar-refractivity contribution in [2.24, 2.45) is 0 Å². The molecule has 0 radical (unpaired) electrons. The number of anilines is 1. The molecule has 1 amide bonds. The van der Waals surface area contributed by atoms with Crippen LogP contribution in [0.25, 0.3) is 0 Å². The molecule has 1 unspecified atom stereocenters. The molecule has 0 saturated heterocycles. The standard InChI is InChI=1S/C21H25N5O/c1-3-14-26-16-23-25-19(26)15-22-20(27)21(2,17-10-6-4-7-11-17)24-18-12-8-5-9-13-18/h4-13,16,24H,3,14-15H2,1-2H3,(H,22,27). The summed E-state index contributed by atoms with van der Waals surface area (Å²) in [5.74, 6) is 0.629. The minimum absolute atomic E-state index is 0.122. The Morgan fingerprint density at radius 3 is 2.41 bits per heavy atom. The Hall–Kier alpha value is -3.15. The van der Waals surface area contributed by atoms with Crippen LogP contribution < -0.4 is 10.6 Å². The van der Waals surface area contributed by atoms with Crippen LogP contribution in [0.4, 0.5) is 5.69 Å². The molecule has 3 aromatic rings. The summed E-state index contributed by atoms with van der Waals surface area (Å²) < 4.78 is 1.96. The number of carbonyl (C=O) groups is 1. The van der Waals surface area contributed by atoms with Crippen LogP contribution >= 0.6 is 0 Å². The number of para-hydroxylation sites is 1. The Balaban J connectivity index is 1.81. The number of aryl methyl sites for hydroxylation is 1. The number of hydrogen-bond donors (Lipinski definition) is 2. The van der Waals surface area contributed by atoms with Crippen LogP contribution in [0, 0.1) is 0 Å². The van der Waals surface area contributed by atoms with E-state index in [1.54, 1.807) is 6.33 Å². The van der Waals surface area contributed by atoms with E-state index in [0.717, 1.165) is 30.0 Å². The van der Waals surface area contributed by atoms with Gasteiger partial charge < -0.3 is 15.2 Å². The van der Waals surface area contributed by atoms with Crippen LogP contribution in [0.5, 0.6) is 0 Å². The Bertz CT molecular complexity index is 863. The Labute approximate surface area is 159 Å². The smallest absolute Gasteiger partial charge is 0.250 e. The van der Waals surface area contributed by atoms with E-state index < -0.39 is 5.54 Å². The average Bonchev–Trinajstić information content (AvgIpc) is 3.15. The van der Waals surface area contributed by atoms with Gasteiger partial charge in [-0.25, -0.2) is 0 Å². The van der Waals surface area contributed by atoms with Crippen LogP contribution in [0.1, 0.15) is 31.7 Å². The maximum atomic E-state index is 13.2. The van der Waals surface area contributed by atoms with Crippen LogP contribution in [0.15, 0.2) is 67.0 Å². The normalized spacial score (nSPS) is 13.0. The largest absolute Gasteiger partial charge is 0.368 e. The molecule has 0 fully saturated rings. The molecule has 0 bridgehead atoms. The summed E-state index contributed by atoms with van der Waals surface area (Å²) in [6.45, 7) is 5.15. The SMILES string of the molecule is CCCn1cnnc1CNC(=O)C(C)(Nc1ccccc1)c1ccccc1. The molecule has 2 aromatic carbocycles. The van der Waals surface area contributed by atoms with E-state index in [9.17, 15) is 4.79 Å². The minimum atomic E-state index is -0.918. The zero-order valence-electron chi connectivity index (χ0n) is 15.7. The summed E-state index contributed by atoms with van der Waals surface area (Å²) in [5.41, 5.74) is 0.854. The lowest BCUT2D eigenvalue weighted by atomic mass is 9.90. The van der Waals surface area contributed by atoms with Crippen LogP contribution in [-0.4, -0.2) is 20.7 Å². The number of benzene rings is 2. The molecule has 140 valence electrons. The Kier molecular flexibility index (Phi) is 5.86. The maximum absolute atomic E-state index is 13.2. The second-order valence-electron chi connectivity index (χ2n) is 6.61. The van der Waals surface area contributed by atoms with Gasteiger partial charge in [-0.2, -0.15) is 0 Å². The lowest BCUT2D eigenvalue weighted by Gasteiger charge is -2.31. The molecular formula is C21H25N5O. The molecule has 3 rings (SSSR count). The second kappa shape index (κ2) is 8.49. The molecular weight excluding hydrogens is 338 g/mol. The fourth-order valence-corrected chi connectivity index (χ4v) is 3.02. The summed E-state index contributed by atoms with van der Waals surface area (Å²) in [4.78, 5) is 13.2. The van der Waals surface area contributed by atoms with Gasteiger partial charge >= 0.3 is 0 Å². The van der Waals surface area contributed by atoms with Gasteiger partial charge in [0.2, 0.25) is 5.91 Å². The predicted octanol–water partition coefficient (Wildman–Crippen LogP) is 3.33. The monoisotopic (exact) mass is 363 g/mol. The van der Waals surface area contributed by atoms with Crippen LogP contribution in [-0.2, 0) is 23.4 Å². The van der Waals surface area contributed by atoms with Crippen molar-refractivity contribution in [2.45, 2.75) is 38.9 Å². The highest BCUT2D eigenvalue weighted by atomic mass is 16.2. The van der Waals surface area contributed by atoms with Gasteiger partial charge in [0.1, 0.15) is 11.9 Å². The van der Waals surface area contributed by atoms with Crippen molar-refractivity contribution in [1.82, 2.24) is 20.1 Å². The second-order valence-corrected chi connectivity index (χ2v) is 6.61. The van der Waals surface area contributed by atoms with Crippen molar-refractivity contribution in [1.29, 1.82) is 0 Å². The fourth-order valence-electron chi connectivity index (χ4n) is 3.02. The third-order valence-corrected chi connectivity index (χ3v) is 4.54. The molecule has 1 atom stereocenters. The van der Waals surface area contributed by atoms with E-state index in [-0.39, 0.29) is 5.91 Å². The first-order valence-electron chi connectivity index (χ1n) is 9.17. The molecule has 6 nitrogen and oxygen atoms in total. The molecule has 2 N–H and O–H groups in total. The lowest BCUT2D eigenvalue weighted by molar-refractivity contribution is -0.125. The van der Waals surface area contributed by atoms with E-state index >= 15 is 0 Å². The van der Waals surface area contributed by atoms with Crippen molar-refractivity contribution >= 4 is 11.6 Å². The third-order valence-electron chi connectivity index (χ3n) is 4.54. The van der Waals surface area contributed by atoms with Crippen molar-refractivity contribution in [3.8, 4) is 0 Å². The van der Waals surface area contributed by atoms with Gasteiger partial charge in [0, 0.05) is 12.2 Å². The molecule has 0 aliphatic heterocycles. The molecule has 0 spiro atoms. The molecule has 0 aliphatic rings. The maximum Gasteiger partial charge on any atom is 0.250 e. The number of aromatic nitrogens is 3. The van der Waals surface area contributed by atoms with Gasteiger partial charge in [0.25, 0.3) is 0 Å². The summed E-state index contributed by atoms with van der Waals surface area (Å²) in [6.07, 6.45) is 2.68.